The Morgan fingerprint density at radius 2 is 2.22 bits per heavy atom. The first-order valence-electron chi connectivity index (χ1n) is 7.11. The minimum absolute atomic E-state index is 0.00256. The topological polar surface area (TPSA) is 86.1 Å². The van der Waals surface area contributed by atoms with Crippen molar-refractivity contribution in [1.29, 1.82) is 0 Å². The van der Waals surface area contributed by atoms with Gasteiger partial charge in [-0.1, -0.05) is 0 Å². The number of anilines is 2. The van der Waals surface area contributed by atoms with E-state index in [4.69, 9.17) is 16.3 Å². The van der Waals surface area contributed by atoms with E-state index in [1.165, 1.54) is 6.20 Å². The van der Waals surface area contributed by atoms with Crippen LogP contribution in [-0.2, 0) is 4.74 Å². The number of hydrogen-bond donors (Lipinski definition) is 1. The molecule has 23 heavy (non-hydrogen) atoms. The summed E-state index contributed by atoms with van der Waals surface area (Å²) in [5, 5.41) is 2.81. The molecule has 122 valence electrons. The first-order chi connectivity index (χ1) is 10.9. The smallest absolute Gasteiger partial charge is 0.343 e. The van der Waals surface area contributed by atoms with Crippen LogP contribution in [0.5, 0.6) is 0 Å². The molecule has 0 amide bonds. The predicted molar refractivity (Wildman–Crippen MR) is 87.4 cm³/mol. The number of carbonyl (C=O) groups is 1. The molecule has 0 unspecified atom stereocenters. The van der Waals surface area contributed by atoms with Gasteiger partial charge in [-0.25, -0.2) is 9.78 Å². The van der Waals surface area contributed by atoms with Crippen LogP contribution in [0.4, 0.5) is 11.5 Å². The van der Waals surface area contributed by atoms with Crippen LogP contribution in [-0.4, -0.2) is 27.1 Å². The van der Waals surface area contributed by atoms with Crippen molar-refractivity contribution < 1.29 is 9.53 Å². The molecular formula is C15H17ClN4O3. The average Bonchev–Trinajstić information content (AvgIpc) is 2.49. The van der Waals surface area contributed by atoms with E-state index < -0.39 is 5.97 Å². The maximum atomic E-state index is 12.4. The second kappa shape index (κ2) is 7.23. The summed E-state index contributed by atoms with van der Waals surface area (Å²) in [6, 6.07) is 3.34. The lowest BCUT2D eigenvalue weighted by Crippen LogP contribution is -2.24. The Labute approximate surface area is 138 Å². The molecule has 0 bridgehead atoms. The Hall–Kier alpha value is -2.41. The Morgan fingerprint density at radius 3 is 2.87 bits per heavy atom. The fraction of sp³-hybridized carbons (Fsp3) is 0.333. The standard InChI is InChI=1S/C15H17ClN4O3/c1-4-23-14(22)10-8-17-15(16)19-12(10)18-11-6-5-7-20(9(2)3)13(11)21/h5-9H,4H2,1-3H3,(H,17,18,19). The number of ether oxygens (including phenoxy) is 1. The zero-order valence-corrected chi connectivity index (χ0v) is 13.8. The highest BCUT2D eigenvalue weighted by Crippen LogP contribution is 2.19. The number of carbonyl (C=O) groups excluding carboxylic acids is 1. The lowest BCUT2D eigenvalue weighted by Gasteiger charge is -2.13. The maximum Gasteiger partial charge on any atom is 0.343 e. The molecule has 1 N–H and O–H groups in total. The zero-order valence-electron chi connectivity index (χ0n) is 13.0. The molecule has 0 aromatic carbocycles. The van der Waals surface area contributed by atoms with Crippen LogP contribution in [0.1, 0.15) is 37.2 Å². The fourth-order valence-electron chi connectivity index (χ4n) is 1.95. The SMILES string of the molecule is CCOC(=O)c1cnc(Cl)nc1Nc1cccn(C(C)C)c1=O. The third-order valence-corrected chi connectivity index (χ3v) is 3.22. The summed E-state index contributed by atoms with van der Waals surface area (Å²) in [7, 11) is 0. The summed E-state index contributed by atoms with van der Waals surface area (Å²) in [5.41, 5.74) is 0.157. The van der Waals surface area contributed by atoms with Gasteiger partial charge in [0.2, 0.25) is 5.28 Å². The summed E-state index contributed by atoms with van der Waals surface area (Å²) >= 11 is 5.79. The number of pyridine rings is 1. The van der Waals surface area contributed by atoms with Gasteiger partial charge in [-0.05, 0) is 44.5 Å². The molecule has 0 atom stereocenters. The number of esters is 1. The Morgan fingerprint density at radius 1 is 1.48 bits per heavy atom. The van der Waals surface area contributed by atoms with Gasteiger partial charge in [-0.2, -0.15) is 4.98 Å². The monoisotopic (exact) mass is 336 g/mol. The fourth-order valence-corrected chi connectivity index (χ4v) is 2.09. The van der Waals surface area contributed by atoms with Crippen LogP contribution >= 0.6 is 11.6 Å². The van der Waals surface area contributed by atoms with E-state index >= 15 is 0 Å². The van der Waals surface area contributed by atoms with E-state index in [2.05, 4.69) is 15.3 Å². The van der Waals surface area contributed by atoms with Crippen molar-refractivity contribution in [2.75, 3.05) is 11.9 Å². The van der Waals surface area contributed by atoms with Crippen LogP contribution in [0.15, 0.2) is 29.3 Å². The molecular weight excluding hydrogens is 320 g/mol. The first-order valence-corrected chi connectivity index (χ1v) is 7.49. The Bertz CT molecular complexity index is 774. The van der Waals surface area contributed by atoms with Crippen LogP contribution < -0.4 is 10.9 Å². The van der Waals surface area contributed by atoms with Gasteiger partial charge < -0.3 is 14.6 Å². The van der Waals surface area contributed by atoms with Crippen LogP contribution in [0.2, 0.25) is 5.28 Å². The highest BCUT2D eigenvalue weighted by atomic mass is 35.5. The Kier molecular flexibility index (Phi) is 5.33. The summed E-state index contributed by atoms with van der Waals surface area (Å²) in [4.78, 5) is 32.1. The van der Waals surface area contributed by atoms with Gasteiger partial charge in [0.15, 0.2) is 0 Å². The number of rotatable bonds is 5. The molecule has 2 heterocycles. The predicted octanol–water partition coefficient (Wildman–Crippen LogP) is 2.79. The zero-order chi connectivity index (χ0) is 17.0. The number of hydrogen-bond acceptors (Lipinski definition) is 6. The van der Waals surface area contributed by atoms with Crippen molar-refractivity contribution in [3.05, 3.63) is 45.7 Å². The molecule has 0 fully saturated rings. The molecule has 0 aliphatic rings. The summed E-state index contributed by atoms with van der Waals surface area (Å²) in [6.07, 6.45) is 2.96. The summed E-state index contributed by atoms with van der Waals surface area (Å²) in [6.45, 7) is 5.71. The van der Waals surface area contributed by atoms with Gasteiger partial charge in [0, 0.05) is 18.4 Å². The highest BCUT2D eigenvalue weighted by Gasteiger charge is 2.17. The first kappa shape index (κ1) is 17.0. The van der Waals surface area contributed by atoms with Gasteiger partial charge in [0.1, 0.15) is 17.1 Å². The van der Waals surface area contributed by atoms with Gasteiger partial charge >= 0.3 is 5.97 Å². The molecule has 0 aliphatic carbocycles. The largest absolute Gasteiger partial charge is 0.462 e. The van der Waals surface area contributed by atoms with E-state index in [1.807, 2.05) is 13.8 Å². The summed E-state index contributed by atoms with van der Waals surface area (Å²) < 4.78 is 6.52. The summed E-state index contributed by atoms with van der Waals surface area (Å²) in [5.74, 6) is -0.464. The van der Waals surface area contributed by atoms with Crippen LogP contribution in [0.3, 0.4) is 0 Å². The number of halogens is 1. The lowest BCUT2D eigenvalue weighted by atomic mass is 10.3. The maximum absolute atomic E-state index is 12.4. The van der Waals surface area contributed by atoms with Crippen molar-refractivity contribution in [2.24, 2.45) is 0 Å². The molecule has 0 saturated carbocycles. The lowest BCUT2D eigenvalue weighted by molar-refractivity contribution is 0.0526. The quantitative estimate of drug-likeness (QED) is 0.667. The second-order valence-corrected chi connectivity index (χ2v) is 5.31. The molecule has 0 aliphatic heterocycles. The van der Waals surface area contributed by atoms with E-state index in [0.717, 1.165) is 0 Å². The van der Waals surface area contributed by atoms with Crippen molar-refractivity contribution >= 4 is 29.1 Å². The second-order valence-electron chi connectivity index (χ2n) is 4.97. The minimum Gasteiger partial charge on any atom is -0.462 e. The molecule has 0 radical (unpaired) electrons. The molecule has 2 aromatic rings. The van der Waals surface area contributed by atoms with Crippen molar-refractivity contribution in [1.82, 2.24) is 14.5 Å². The highest BCUT2D eigenvalue weighted by molar-refractivity contribution is 6.28. The molecule has 0 saturated heterocycles. The van der Waals surface area contributed by atoms with Crippen molar-refractivity contribution in [3.63, 3.8) is 0 Å². The third-order valence-electron chi connectivity index (χ3n) is 3.04. The average molecular weight is 337 g/mol. The van der Waals surface area contributed by atoms with Crippen LogP contribution in [0.25, 0.3) is 0 Å². The third kappa shape index (κ3) is 3.87. The number of aromatic nitrogens is 3. The van der Waals surface area contributed by atoms with Crippen LogP contribution in [0, 0.1) is 0 Å². The van der Waals surface area contributed by atoms with Gasteiger partial charge in [0.25, 0.3) is 5.56 Å². The minimum atomic E-state index is -0.591. The molecule has 2 aromatic heterocycles. The van der Waals surface area contributed by atoms with Gasteiger partial charge in [0.05, 0.1) is 6.61 Å². The van der Waals surface area contributed by atoms with E-state index in [1.54, 1.807) is 29.8 Å². The molecule has 7 nitrogen and oxygen atoms in total. The van der Waals surface area contributed by atoms with Crippen molar-refractivity contribution in [2.45, 2.75) is 26.8 Å². The van der Waals surface area contributed by atoms with E-state index in [9.17, 15) is 9.59 Å². The number of nitrogens with zero attached hydrogens (tertiary/aromatic N) is 3. The number of nitrogens with one attached hydrogen (secondary N) is 1. The molecule has 2 rings (SSSR count). The molecule has 0 spiro atoms. The van der Waals surface area contributed by atoms with Gasteiger partial charge in [-0.15, -0.1) is 0 Å². The van der Waals surface area contributed by atoms with E-state index in [-0.39, 0.29) is 40.6 Å². The Balaban J connectivity index is 2.44. The van der Waals surface area contributed by atoms with Gasteiger partial charge in [-0.3, -0.25) is 4.79 Å². The molecule has 8 heteroatoms. The van der Waals surface area contributed by atoms with E-state index in [0.29, 0.717) is 0 Å². The van der Waals surface area contributed by atoms with Crippen molar-refractivity contribution in [3.8, 4) is 0 Å². The normalized spacial score (nSPS) is 10.7.